The van der Waals surface area contributed by atoms with E-state index >= 15 is 0 Å². The summed E-state index contributed by atoms with van der Waals surface area (Å²) in [6, 6.07) is 14.3. The van der Waals surface area contributed by atoms with Gasteiger partial charge in [-0.25, -0.2) is 0 Å². The number of carboxylic acid groups (broad SMARTS) is 1. The number of halogens is 1. The zero-order valence-electron chi connectivity index (χ0n) is 12.4. The number of benzene rings is 2. The highest BCUT2D eigenvalue weighted by molar-refractivity contribution is 7.83. The minimum absolute atomic E-state index is 0.285. The number of amides is 1. The van der Waals surface area contributed by atoms with Crippen molar-refractivity contribution in [1.29, 1.82) is 0 Å². The minimum atomic E-state index is -1.87. The molecule has 2 aromatic carbocycles. The Bertz CT molecular complexity index is 764. The number of aliphatic carboxylic acids is 1. The van der Waals surface area contributed by atoms with Crippen LogP contribution in [-0.2, 0) is 14.3 Å². The lowest BCUT2D eigenvalue weighted by atomic mass is 9.88. The molecule has 124 valence electrons. The number of hydrogen-bond donors (Lipinski definition) is 3. The molecule has 1 atom stereocenters. The normalized spacial score (nSPS) is 12.9. The van der Waals surface area contributed by atoms with Crippen LogP contribution in [0.4, 0.5) is 0 Å². The molecule has 0 aliphatic rings. The molecular weight excluding hydrogens is 350 g/mol. The highest BCUT2D eigenvalue weighted by Gasteiger charge is 2.44. The quantitative estimate of drug-likeness (QED) is 0.418. The molecule has 0 heterocycles. The van der Waals surface area contributed by atoms with Gasteiger partial charge >= 0.3 is 5.97 Å². The van der Waals surface area contributed by atoms with Crippen LogP contribution in [0.15, 0.2) is 54.6 Å². The van der Waals surface area contributed by atoms with Crippen molar-refractivity contribution in [1.82, 2.24) is 5.32 Å². The van der Waals surface area contributed by atoms with Crippen molar-refractivity contribution in [2.24, 2.45) is 0 Å². The van der Waals surface area contributed by atoms with Crippen molar-refractivity contribution in [3.8, 4) is 0 Å². The van der Waals surface area contributed by atoms with E-state index in [1.165, 1.54) is 24.3 Å². The van der Waals surface area contributed by atoms with Crippen LogP contribution in [0.2, 0.25) is 5.02 Å². The van der Waals surface area contributed by atoms with Gasteiger partial charge in [0.15, 0.2) is 10.5 Å². The lowest BCUT2D eigenvalue weighted by molar-refractivity contribution is -0.138. The SMILES string of the molecule is O=C(O)CNC(=O)C(S)(C(=O)c1ccccc1)c1ccc(Cl)cc1. The Morgan fingerprint density at radius 1 is 1.04 bits per heavy atom. The molecule has 2 N–H and O–H groups in total. The maximum absolute atomic E-state index is 12.9. The number of carboxylic acids is 1. The van der Waals surface area contributed by atoms with E-state index in [0.29, 0.717) is 10.6 Å². The fourth-order valence-corrected chi connectivity index (χ4v) is 2.62. The first kappa shape index (κ1) is 18.0. The van der Waals surface area contributed by atoms with Crippen molar-refractivity contribution >= 4 is 41.9 Å². The lowest BCUT2D eigenvalue weighted by Gasteiger charge is -2.26. The van der Waals surface area contributed by atoms with E-state index in [1.807, 2.05) is 0 Å². The second-order valence-corrected chi connectivity index (χ2v) is 6.10. The molecule has 0 saturated heterocycles. The molecule has 2 rings (SSSR count). The van der Waals surface area contributed by atoms with E-state index < -0.39 is 29.0 Å². The molecule has 24 heavy (non-hydrogen) atoms. The molecule has 0 spiro atoms. The Hall–Kier alpha value is -2.31. The summed E-state index contributed by atoms with van der Waals surface area (Å²) < 4.78 is -1.87. The standard InChI is InChI=1S/C17H14ClNO4S/c18-13-8-6-12(7-9-13)17(24,16(23)19-10-14(20)21)15(22)11-4-2-1-3-5-11/h1-9,24H,10H2,(H,19,23)(H,20,21). The van der Waals surface area contributed by atoms with Gasteiger partial charge in [-0.15, -0.1) is 12.6 Å². The Balaban J connectivity index is 2.48. The van der Waals surface area contributed by atoms with Gasteiger partial charge in [0.2, 0.25) is 5.91 Å². The van der Waals surface area contributed by atoms with Crippen molar-refractivity contribution in [2.75, 3.05) is 6.54 Å². The summed E-state index contributed by atoms with van der Waals surface area (Å²) >= 11 is 10.2. The molecule has 0 radical (unpaired) electrons. The Morgan fingerprint density at radius 3 is 2.17 bits per heavy atom. The fraction of sp³-hybridized carbons (Fsp3) is 0.118. The summed E-state index contributed by atoms with van der Waals surface area (Å²) in [4.78, 5) is 36.2. The van der Waals surface area contributed by atoms with Crippen LogP contribution < -0.4 is 5.32 Å². The number of thiol groups is 1. The van der Waals surface area contributed by atoms with Gasteiger partial charge in [0.25, 0.3) is 0 Å². The maximum Gasteiger partial charge on any atom is 0.322 e. The van der Waals surface area contributed by atoms with Crippen LogP contribution in [0.25, 0.3) is 0 Å². The molecule has 1 amide bonds. The molecule has 0 bridgehead atoms. The van der Waals surface area contributed by atoms with Crippen LogP contribution in [0, 0.1) is 0 Å². The highest BCUT2D eigenvalue weighted by Crippen LogP contribution is 2.34. The molecule has 0 saturated carbocycles. The number of Topliss-reactive ketones (excluding diaryl/α,β-unsaturated/α-hetero) is 1. The third kappa shape index (κ3) is 3.77. The third-order valence-electron chi connectivity index (χ3n) is 3.36. The molecule has 0 aromatic heterocycles. The molecule has 0 fully saturated rings. The van der Waals surface area contributed by atoms with Crippen molar-refractivity contribution in [3.05, 3.63) is 70.7 Å². The molecule has 7 heteroatoms. The predicted octanol–water partition coefficient (Wildman–Crippen LogP) is 2.55. The largest absolute Gasteiger partial charge is 0.480 e. The summed E-state index contributed by atoms with van der Waals surface area (Å²) in [6.45, 7) is -0.614. The van der Waals surface area contributed by atoms with E-state index in [4.69, 9.17) is 16.7 Å². The second kappa shape index (κ2) is 7.51. The smallest absolute Gasteiger partial charge is 0.322 e. The molecule has 1 unspecified atom stereocenters. The molecule has 5 nitrogen and oxygen atoms in total. The minimum Gasteiger partial charge on any atom is -0.480 e. The summed E-state index contributed by atoms with van der Waals surface area (Å²) in [5.74, 6) is -2.59. The molecule has 2 aromatic rings. The summed E-state index contributed by atoms with van der Waals surface area (Å²) in [5.41, 5.74) is 0.583. The average Bonchev–Trinajstić information content (AvgIpc) is 2.59. The van der Waals surface area contributed by atoms with Crippen LogP contribution in [0.1, 0.15) is 15.9 Å². The van der Waals surface area contributed by atoms with Crippen LogP contribution >= 0.6 is 24.2 Å². The van der Waals surface area contributed by atoms with Gasteiger partial charge < -0.3 is 10.4 Å². The monoisotopic (exact) mass is 363 g/mol. The Kier molecular flexibility index (Phi) is 5.64. The Labute approximate surface area is 149 Å². The second-order valence-electron chi connectivity index (χ2n) is 4.99. The number of rotatable bonds is 6. The van der Waals surface area contributed by atoms with Crippen LogP contribution in [0.5, 0.6) is 0 Å². The van der Waals surface area contributed by atoms with E-state index in [9.17, 15) is 14.4 Å². The summed E-state index contributed by atoms with van der Waals surface area (Å²) in [6.07, 6.45) is 0. The zero-order valence-corrected chi connectivity index (χ0v) is 14.1. The van der Waals surface area contributed by atoms with Crippen LogP contribution in [-0.4, -0.2) is 29.3 Å². The van der Waals surface area contributed by atoms with Gasteiger partial charge in [-0.3, -0.25) is 14.4 Å². The summed E-state index contributed by atoms with van der Waals surface area (Å²) in [7, 11) is 0. The number of ketones is 1. The van der Waals surface area contributed by atoms with E-state index in [2.05, 4.69) is 17.9 Å². The number of carbonyl (C=O) groups excluding carboxylic acids is 2. The first-order valence-electron chi connectivity index (χ1n) is 6.94. The Morgan fingerprint density at radius 2 is 1.62 bits per heavy atom. The van der Waals surface area contributed by atoms with Crippen molar-refractivity contribution in [3.63, 3.8) is 0 Å². The molecule has 0 aliphatic carbocycles. The zero-order chi connectivity index (χ0) is 17.7. The third-order valence-corrected chi connectivity index (χ3v) is 4.27. The fourth-order valence-electron chi connectivity index (χ4n) is 2.14. The number of carbonyl (C=O) groups is 3. The topological polar surface area (TPSA) is 83.5 Å². The van der Waals surface area contributed by atoms with Crippen LogP contribution in [0.3, 0.4) is 0 Å². The lowest BCUT2D eigenvalue weighted by Crippen LogP contribution is -2.47. The van der Waals surface area contributed by atoms with Gasteiger partial charge in [0.05, 0.1) is 0 Å². The number of nitrogens with one attached hydrogen (secondary N) is 1. The first-order chi connectivity index (χ1) is 11.4. The van der Waals surface area contributed by atoms with Crippen molar-refractivity contribution < 1.29 is 19.5 Å². The average molecular weight is 364 g/mol. The summed E-state index contributed by atoms with van der Waals surface area (Å²) in [5, 5.41) is 11.4. The van der Waals surface area contributed by atoms with E-state index in [-0.39, 0.29) is 5.56 Å². The maximum atomic E-state index is 12.9. The predicted molar refractivity (Wildman–Crippen MR) is 93.5 cm³/mol. The van der Waals surface area contributed by atoms with Gasteiger partial charge in [-0.2, -0.15) is 0 Å². The van der Waals surface area contributed by atoms with Crippen molar-refractivity contribution in [2.45, 2.75) is 4.75 Å². The molecular formula is C17H14ClNO4S. The van der Waals surface area contributed by atoms with Gasteiger partial charge in [-0.1, -0.05) is 54.1 Å². The van der Waals surface area contributed by atoms with Gasteiger partial charge in [0.1, 0.15) is 6.54 Å². The van der Waals surface area contributed by atoms with Gasteiger partial charge in [0, 0.05) is 10.6 Å². The number of hydrogen-bond acceptors (Lipinski definition) is 4. The highest BCUT2D eigenvalue weighted by atomic mass is 35.5. The first-order valence-corrected chi connectivity index (χ1v) is 7.76. The molecule has 0 aliphatic heterocycles. The van der Waals surface area contributed by atoms with E-state index in [1.54, 1.807) is 30.3 Å². The van der Waals surface area contributed by atoms with Gasteiger partial charge in [-0.05, 0) is 17.7 Å². The van der Waals surface area contributed by atoms with E-state index in [0.717, 1.165) is 0 Å².